The van der Waals surface area contributed by atoms with Crippen LogP contribution in [0.5, 0.6) is 0 Å². The third-order valence-electron chi connectivity index (χ3n) is 5.88. The summed E-state index contributed by atoms with van der Waals surface area (Å²) in [6.07, 6.45) is 0.557. The number of rotatable bonds is 3. The van der Waals surface area contributed by atoms with E-state index in [2.05, 4.69) is 25.1 Å². The van der Waals surface area contributed by atoms with E-state index in [1.165, 1.54) is 0 Å². The first kappa shape index (κ1) is 17.8. The number of fused-ring (bicyclic) bond motifs is 5. The van der Waals surface area contributed by atoms with Gasteiger partial charge < -0.3 is 9.64 Å². The van der Waals surface area contributed by atoms with Gasteiger partial charge in [-0.3, -0.25) is 9.59 Å². The fourth-order valence-corrected chi connectivity index (χ4v) is 4.85. The Morgan fingerprint density at radius 1 is 1.26 bits per heavy atom. The second kappa shape index (κ2) is 6.22. The van der Waals surface area contributed by atoms with Gasteiger partial charge in [0.2, 0.25) is 0 Å². The Balaban J connectivity index is 2.05. The zero-order chi connectivity index (χ0) is 19.3. The van der Waals surface area contributed by atoms with Gasteiger partial charge in [-0.2, -0.15) is 0 Å². The predicted octanol–water partition coefficient (Wildman–Crippen LogP) is 3.96. The molecule has 0 unspecified atom stereocenters. The summed E-state index contributed by atoms with van der Waals surface area (Å²) in [5, 5.41) is 0. The summed E-state index contributed by atoms with van der Waals surface area (Å²) < 4.78 is 5.59. The molecule has 4 rings (SSSR count). The van der Waals surface area contributed by atoms with E-state index in [1.54, 1.807) is 0 Å². The minimum Gasteiger partial charge on any atom is -0.465 e. The monoisotopic (exact) mass is 363 g/mol. The molecule has 1 heterocycles. The van der Waals surface area contributed by atoms with E-state index in [-0.39, 0.29) is 24.0 Å². The van der Waals surface area contributed by atoms with E-state index in [1.807, 2.05) is 49.9 Å². The standard InChI is InChI=1S/C23H25NO3/c1-5-27-22(26)23-13-16-12-15(4)10-11-17(16)20(23)24(14(2)3)21(25)18-8-6-7-9-19(18)23/h6-12,14,20H,5,13H2,1-4H3/t20-,23+/m1/s1. The summed E-state index contributed by atoms with van der Waals surface area (Å²) in [5.41, 5.74) is 3.86. The molecule has 1 amide bonds. The molecule has 0 radical (unpaired) electrons. The van der Waals surface area contributed by atoms with Crippen LogP contribution in [0, 0.1) is 6.92 Å². The zero-order valence-corrected chi connectivity index (χ0v) is 16.3. The number of hydrogen-bond donors (Lipinski definition) is 0. The highest BCUT2D eigenvalue weighted by Gasteiger charge is 2.61. The number of hydrogen-bond acceptors (Lipinski definition) is 3. The molecule has 0 fully saturated rings. The van der Waals surface area contributed by atoms with Crippen LogP contribution >= 0.6 is 0 Å². The van der Waals surface area contributed by atoms with Crippen LogP contribution in [0.1, 0.15) is 59.4 Å². The summed E-state index contributed by atoms with van der Waals surface area (Å²) in [4.78, 5) is 28.7. The van der Waals surface area contributed by atoms with Crippen molar-refractivity contribution < 1.29 is 14.3 Å². The molecule has 2 aromatic carbocycles. The van der Waals surface area contributed by atoms with Crippen LogP contribution in [0.4, 0.5) is 0 Å². The molecule has 140 valence electrons. The smallest absolute Gasteiger partial charge is 0.319 e. The van der Waals surface area contributed by atoms with Crippen molar-refractivity contribution in [1.29, 1.82) is 0 Å². The summed E-state index contributed by atoms with van der Waals surface area (Å²) in [6.45, 7) is 8.22. The zero-order valence-electron chi connectivity index (χ0n) is 16.3. The fourth-order valence-electron chi connectivity index (χ4n) is 4.85. The molecule has 4 nitrogen and oxygen atoms in total. The van der Waals surface area contributed by atoms with Crippen molar-refractivity contribution in [2.75, 3.05) is 6.61 Å². The number of carbonyl (C=O) groups excluding carboxylic acids is 2. The molecular formula is C23H25NO3. The highest BCUT2D eigenvalue weighted by Crippen LogP contribution is 2.56. The molecule has 0 bridgehead atoms. The van der Waals surface area contributed by atoms with E-state index in [4.69, 9.17) is 4.74 Å². The van der Waals surface area contributed by atoms with Crippen molar-refractivity contribution in [3.63, 3.8) is 0 Å². The SMILES string of the molecule is CCOC(=O)[C@]12Cc3cc(C)ccc3[C@H]1N(C(C)C)C(=O)c1ccccc12. The van der Waals surface area contributed by atoms with Crippen LogP contribution in [-0.4, -0.2) is 29.4 Å². The quantitative estimate of drug-likeness (QED) is 0.776. The lowest BCUT2D eigenvalue weighted by Crippen LogP contribution is -2.56. The Morgan fingerprint density at radius 2 is 2.00 bits per heavy atom. The van der Waals surface area contributed by atoms with E-state index in [0.717, 1.165) is 22.3 Å². The topological polar surface area (TPSA) is 46.6 Å². The van der Waals surface area contributed by atoms with Crippen molar-refractivity contribution in [2.45, 2.75) is 51.6 Å². The summed E-state index contributed by atoms with van der Waals surface area (Å²) in [5.74, 6) is -0.256. The largest absolute Gasteiger partial charge is 0.465 e. The number of benzene rings is 2. The lowest BCUT2D eigenvalue weighted by Gasteiger charge is -2.47. The minimum atomic E-state index is -0.888. The van der Waals surface area contributed by atoms with E-state index < -0.39 is 5.41 Å². The number of ether oxygens (including phenoxy) is 1. The van der Waals surface area contributed by atoms with E-state index >= 15 is 0 Å². The Kier molecular flexibility index (Phi) is 4.10. The highest BCUT2D eigenvalue weighted by molar-refractivity contribution is 6.03. The van der Waals surface area contributed by atoms with Crippen molar-refractivity contribution in [3.8, 4) is 0 Å². The molecule has 4 heteroatoms. The average Bonchev–Trinajstić information content (AvgIpc) is 2.97. The summed E-state index contributed by atoms with van der Waals surface area (Å²) in [6, 6.07) is 13.4. The van der Waals surface area contributed by atoms with E-state index in [0.29, 0.717) is 18.6 Å². The molecule has 1 aliphatic carbocycles. The molecule has 0 N–H and O–H groups in total. The third-order valence-corrected chi connectivity index (χ3v) is 5.88. The van der Waals surface area contributed by atoms with Crippen molar-refractivity contribution in [3.05, 3.63) is 70.3 Å². The van der Waals surface area contributed by atoms with Gasteiger partial charge in [0.15, 0.2) is 0 Å². The number of amides is 1. The van der Waals surface area contributed by atoms with Gasteiger partial charge in [0.25, 0.3) is 5.91 Å². The third kappa shape index (κ3) is 2.35. The number of aryl methyl sites for hydroxylation is 1. The van der Waals surface area contributed by atoms with Gasteiger partial charge in [0, 0.05) is 11.6 Å². The first-order valence-electron chi connectivity index (χ1n) is 9.60. The number of nitrogens with zero attached hydrogens (tertiary/aromatic N) is 1. The molecule has 2 aliphatic rings. The first-order chi connectivity index (χ1) is 12.9. The van der Waals surface area contributed by atoms with Gasteiger partial charge in [-0.1, -0.05) is 42.0 Å². The molecular weight excluding hydrogens is 338 g/mol. The Labute approximate surface area is 160 Å². The van der Waals surface area contributed by atoms with Crippen molar-refractivity contribution in [2.24, 2.45) is 0 Å². The summed E-state index contributed by atoms with van der Waals surface area (Å²) in [7, 11) is 0. The number of esters is 1. The molecule has 0 spiro atoms. The summed E-state index contributed by atoms with van der Waals surface area (Å²) >= 11 is 0. The molecule has 0 aromatic heterocycles. The maximum absolute atomic E-state index is 13.4. The van der Waals surface area contributed by atoms with Crippen molar-refractivity contribution >= 4 is 11.9 Å². The van der Waals surface area contributed by atoms with Crippen LogP contribution in [0.2, 0.25) is 0 Å². The molecule has 2 aromatic rings. The van der Waals surface area contributed by atoms with Crippen LogP contribution in [0.15, 0.2) is 42.5 Å². The van der Waals surface area contributed by atoms with Gasteiger partial charge in [-0.15, -0.1) is 0 Å². The molecule has 1 aliphatic heterocycles. The second-order valence-electron chi connectivity index (χ2n) is 7.83. The fraction of sp³-hybridized carbons (Fsp3) is 0.391. The molecule has 27 heavy (non-hydrogen) atoms. The van der Waals surface area contributed by atoms with Gasteiger partial charge in [-0.25, -0.2) is 0 Å². The minimum absolute atomic E-state index is 0.0149. The predicted molar refractivity (Wildman–Crippen MR) is 104 cm³/mol. The maximum Gasteiger partial charge on any atom is 0.319 e. The van der Waals surface area contributed by atoms with Crippen LogP contribution in [-0.2, 0) is 21.4 Å². The van der Waals surface area contributed by atoms with Gasteiger partial charge in [0.1, 0.15) is 5.41 Å². The van der Waals surface area contributed by atoms with Crippen molar-refractivity contribution in [1.82, 2.24) is 4.90 Å². The van der Waals surface area contributed by atoms with Gasteiger partial charge >= 0.3 is 5.97 Å². The van der Waals surface area contributed by atoms with Gasteiger partial charge in [0.05, 0.1) is 12.6 Å². The second-order valence-corrected chi connectivity index (χ2v) is 7.83. The van der Waals surface area contributed by atoms with Crippen LogP contribution in [0.3, 0.4) is 0 Å². The highest BCUT2D eigenvalue weighted by atomic mass is 16.5. The maximum atomic E-state index is 13.4. The van der Waals surface area contributed by atoms with Crippen LogP contribution < -0.4 is 0 Å². The van der Waals surface area contributed by atoms with Gasteiger partial charge in [-0.05, 0) is 56.9 Å². The Bertz CT molecular complexity index is 933. The molecule has 2 atom stereocenters. The Hall–Kier alpha value is -2.62. The lowest BCUT2D eigenvalue weighted by atomic mass is 9.69. The van der Waals surface area contributed by atoms with Crippen LogP contribution in [0.25, 0.3) is 0 Å². The number of carbonyl (C=O) groups is 2. The molecule has 0 saturated carbocycles. The Morgan fingerprint density at radius 3 is 2.70 bits per heavy atom. The molecule has 0 saturated heterocycles. The first-order valence-corrected chi connectivity index (χ1v) is 9.60. The van der Waals surface area contributed by atoms with E-state index in [9.17, 15) is 9.59 Å². The normalized spacial score (nSPS) is 23.1. The average molecular weight is 363 g/mol. The lowest BCUT2D eigenvalue weighted by molar-refractivity contribution is -0.153.